The number of halogens is 3. The Morgan fingerprint density at radius 2 is 2.15 bits per heavy atom. The fourth-order valence-electron chi connectivity index (χ4n) is 4.06. The van der Waals surface area contributed by atoms with Crippen molar-refractivity contribution in [3.63, 3.8) is 0 Å². The van der Waals surface area contributed by atoms with Gasteiger partial charge in [-0.2, -0.15) is 0 Å². The Hall–Kier alpha value is -3.60. The molecule has 2 N–H and O–H groups in total. The molecule has 34 heavy (non-hydrogen) atoms. The molecule has 0 unspecified atom stereocenters. The Morgan fingerprint density at radius 1 is 1.29 bits per heavy atom. The average Bonchev–Trinajstić information content (AvgIpc) is 3.41. The van der Waals surface area contributed by atoms with Crippen molar-refractivity contribution in [2.75, 3.05) is 0 Å². The van der Waals surface area contributed by atoms with E-state index in [1.807, 2.05) is 0 Å². The zero-order valence-electron chi connectivity index (χ0n) is 17.5. The van der Waals surface area contributed by atoms with E-state index in [0.717, 1.165) is 0 Å². The minimum atomic E-state index is -2.86. The van der Waals surface area contributed by atoms with Crippen LogP contribution in [0, 0.1) is 5.92 Å². The van der Waals surface area contributed by atoms with Gasteiger partial charge >= 0.3 is 0 Å². The monoisotopic (exact) mass is 489 g/mol. The maximum atomic E-state index is 14.4. The van der Waals surface area contributed by atoms with Crippen LogP contribution >= 0.6 is 11.6 Å². The van der Waals surface area contributed by atoms with Crippen molar-refractivity contribution in [3.05, 3.63) is 70.8 Å². The molecule has 1 aliphatic carbocycles. The topological polar surface area (TPSA) is 126 Å². The number of carbonyl (C=O) groups excluding carboxylic acids is 1. The van der Waals surface area contributed by atoms with Gasteiger partial charge in [-0.1, -0.05) is 23.7 Å². The fourth-order valence-corrected chi connectivity index (χ4v) is 4.33. The number of aliphatic imine (C=N–C) groups is 1. The van der Waals surface area contributed by atoms with E-state index in [4.69, 9.17) is 31.2 Å². The lowest BCUT2D eigenvalue weighted by molar-refractivity contribution is 0.0196. The van der Waals surface area contributed by atoms with Crippen molar-refractivity contribution in [1.29, 1.82) is 0 Å². The summed E-state index contributed by atoms with van der Waals surface area (Å²) < 4.78 is 44.3. The summed E-state index contributed by atoms with van der Waals surface area (Å²) in [6.45, 7) is 0.137. The molecular formula is C22H18ClF2N5O4. The number of oxazole rings is 1. The van der Waals surface area contributed by atoms with Crippen molar-refractivity contribution < 1.29 is 27.5 Å². The Labute approximate surface area is 197 Å². The van der Waals surface area contributed by atoms with Crippen LogP contribution in [0.1, 0.15) is 33.7 Å². The molecule has 3 aromatic rings. The van der Waals surface area contributed by atoms with E-state index < -0.39 is 24.0 Å². The van der Waals surface area contributed by atoms with Crippen LogP contribution in [0.3, 0.4) is 0 Å². The van der Waals surface area contributed by atoms with Gasteiger partial charge in [0.1, 0.15) is 30.4 Å². The molecule has 0 saturated heterocycles. The highest BCUT2D eigenvalue weighted by Gasteiger charge is 2.64. The quantitative estimate of drug-likeness (QED) is 0.477. The number of benzene rings is 1. The fraction of sp³-hybridized carbons (Fsp3) is 0.318. The van der Waals surface area contributed by atoms with E-state index in [1.165, 1.54) is 37.2 Å². The molecule has 0 amide bonds. The molecule has 0 bridgehead atoms. The van der Waals surface area contributed by atoms with E-state index in [0.29, 0.717) is 17.7 Å². The molecule has 5 rings (SSSR count). The number of nitrogens with zero attached hydrogens (tertiary/aromatic N) is 4. The predicted molar refractivity (Wildman–Crippen MR) is 115 cm³/mol. The number of fused-ring (bicyclic) bond motifs is 1. The lowest BCUT2D eigenvalue weighted by Crippen LogP contribution is -2.43. The van der Waals surface area contributed by atoms with Crippen LogP contribution in [0.15, 0.2) is 52.7 Å². The Morgan fingerprint density at radius 3 is 2.85 bits per heavy atom. The maximum Gasteiger partial charge on any atom is 0.283 e. The van der Waals surface area contributed by atoms with Gasteiger partial charge in [-0.3, -0.25) is 4.79 Å². The third-order valence-electron chi connectivity index (χ3n) is 5.79. The van der Waals surface area contributed by atoms with Crippen molar-refractivity contribution >= 4 is 23.4 Å². The first-order valence-electron chi connectivity index (χ1n) is 10.3. The van der Waals surface area contributed by atoms with Crippen LogP contribution in [0.2, 0.25) is 5.02 Å². The molecule has 176 valence electrons. The minimum absolute atomic E-state index is 0.0961. The number of nitrogens with two attached hydrogens (primary N) is 1. The van der Waals surface area contributed by atoms with Gasteiger partial charge in [0.05, 0.1) is 12.4 Å². The minimum Gasteiger partial charge on any atom is -0.470 e. The van der Waals surface area contributed by atoms with E-state index in [-0.39, 0.29) is 47.0 Å². The second-order valence-electron chi connectivity index (χ2n) is 8.00. The number of ketones is 1. The van der Waals surface area contributed by atoms with Crippen LogP contribution in [0.4, 0.5) is 8.78 Å². The van der Waals surface area contributed by atoms with Crippen LogP contribution in [0.25, 0.3) is 0 Å². The van der Waals surface area contributed by atoms with Crippen molar-refractivity contribution in [3.8, 4) is 5.88 Å². The summed E-state index contributed by atoms with van der Waals surface area (Å²) >= 11 is 6.32. The highest BCUT2D eigenvalue weighted by molar-refractivity contribution is 6.31. The molecule has 1 fully saturated rings. The normalized spacial score (nSPS) is 23.1. The molecule has 0 spiro atoms. The summed E-state index contributed by atoms with van der Waals surface area (Å²) in [5, 5.41) is 0.119. The van der Waals surface area contributed by atoms with Gasteiger partial charge in [-0.15, -0.1) is 0 Å². The van der Waals surface area contributed by atoms with Crippen LogP contribution in [-0.4, -0.2) is 39.3 Å². The molecule has 1 saturated carbocycles. The molecule has 3 atom stereocenters. The van der Waals surface area contributed by atoms with Crippen molar-refractivity contribution in [2.45, 2.75) is 37.5 Å². The second kappa shape index (κ2) is 8.64. The summed E-state index contributed by atoms with van der Waals surface area (Å²) in [7, 11) is 0. The summed E-state index contributed by atoms with van der Waals surface area (Å²) in [6.07, 6.45) is 2.35. The standard InChI is InChI=1S/C22H18ClF2N5O4/c23-15-2-1-11(3-13(15)22(20(24)25)14-5-18(14)34-21(26)30-22)4-17(31)16-6-28-19(7-27-16)33-9-12-8-32-10-29-12/h1-3,6-8,10,14,18,20H,4-5,9H2,(H2,26,30)/t14-,18+,22+/m0/s1. The van der Waals surface area contributed by atoms with Crippen LogP contribution < -0.4 is 10.5 Å². The number of hydrogen-bond donors (Lipinski definition) is 1. The SMILES string of the molecule is NC1=N[C@@](c2cc(CC(=O)c3cnc(OCc4cocn4)cn3)ccc2Cl)(C(F)F)[C@H]2C[C@H]2O1. The number of Topliss-reactive ketones (excluding diaryl/α,β-unsaturated/α-hetero) is 1. The van der Waals surface area contributed by atoms with E-state index >= 15 is 0 Å². The molecule has 12 heteroatoms. The number of alkyl halides is 2. The van der Waals surface area contributed by atoms with Crippen LogP contribution in [-0.2, 0) is 23.3 Å². The van der Waals surface area contributed by atoms with Gasteiger partial charge in [0, 0.05) is 22.9 Å². The third-order valence-corrected chi connectivity index (χ3v) is 6.12. The number of rotatable bonds is 8. The van der Waals surface area contributed by atoms with E-state index in [2.05, 4.69) is 19.9 Å². The van der Waals surface area contributed by atoms with Gasteiger partial charge in [-0.25, -0.2) is 28.7 Å². The molecule has 1 aromatic carbocycles. The molecular weight excluding hydrogens is 472 g/mol. The molecule has 2 aliphatic rings. The number of aromatic nitrogens is 3. The second-order valence-corrected chi connectivity index (χ2v) is 8.40. The summed E-state index contributed by atoms with van der Waals surface area (Å²) in [4.78, 5) is 28.9. The predicted octanol–water partition coefficient (Wildman–Crippen LogP) is 3.32. The number of carbonyl (C=O) groups is 1. The first kappa shape index (κ1) is 22.2. The highest BCUT2D eigenvalue weighted by Crippen LogP contribution is 2.56. The zero-order valence-corrected chi connectivity index (χ0v) is 18.3. The first-order chi connectivity index (χ1) is 16.4. The smallest absolute Gasteiger partial charge is 0.283 e. The number of hydrogen-bond acceptors (Lipinski definition) is 9. The van der Waals surface area contributed by atoms with Gasteiger partial charge in [0.2, 0.25) is 5.88 Å². The lowest BCUT2D eigenvalue weighted by atomic mass is 9.83. The molecule has 0 radical (unpaired) electrons. The summed E-state index contributed by atoms with van der Waals surface area (Å²) in [5.74, 6) is -0.686. The molecule has 2 aromatic heterocycles. The van der Waals surface area contributed by atoms with Gasteiger partial charge in [-0.05, 0) is 18.1 Å². The third kappa shape index (κ3) is 4.07. The maximum absolute atomic E-state index is 14.4. The highest BCUT2D eigenvalue weighted by atomic mass is 35.5. The average molecular weight is 490 g/mol. The lowest BCUT2D eigenvalue weighted by Gasteiger charge is -2.33. The van der Waals surface area contributed by atoms with Crippen molar-refractivity contribution in [1.82, 2.24) is 15.0 Å². The Kier molecular flexibility index (Phi) is 5.64. The van der Waals surface area contributed by atoms with E-state index in [1.54, 1.807) is 6.07 Å². The molecule has 3 heterocycles. The Balaban J connectivity index is 1.34. The first-order valence-corrected chi connectivity index (χ1v) is 10.7. The largest absolute Gasteiger partial charge is 0.470 e. The van der Waals surface area contributed by atoms with Crippen LogP contribution in [0.5, 0.6) is 5.88 Å². The molecule has 9 nitrogen and oxygen atoms in total. The number of ether oxygens (including phenoxy) is 2. The summed E-state index contributed by atoms with van der Waals surface area (Å²) in [5.41, 5.74) is 5.04. The van der Waals surface area contributed by atoms with Gasteiger partial charge in [0.15, 0.2) is 17.7 Å². The van der Waals surface area contributed by atoms with Crippen molar-refractivity contribution in [2.24, 2.45) is 16.6 Å². The zero-order chi connectivity index (χ0) is 23.9. The number of amidine groups is 1. The molecule has 1 aliphatic heterocycles. The summed E-state index contributed by atoms with van der Waals surface area (Å²) in [6, 6.07) is 4.27. The van der Waals surface area contributed by atoms with Gasteiger partial charge in [0.25, 0.3) is 12.4 Å². The van der Waals surface area contributed by atoms with Gasteiger partial charge < -0.3 is 19.6 Å². The Bertz CT molecular complexity index is 1240. The van der Waals surface area contributed by atoms with E-state index in [9.17, 15) is 13.6 Å².